The van der Waals surface area contributed by atoms with Gasteiger partial charge in [0.25, 0.3) is 0 Å². The number of rotatable bonds is 1. The van der Waals surface area contributed by atoms with Crippen molar-refractivity contribution in [1.29, 1.82) is 0 Å². The summed E-state index contributed by atoms with van der Waals surface area (Å²) in [5, 5.41) is 9.68. The molecule has 13 heavy (non-hydrogen) atoms. The van der Waals surface area contributed by atoms with E-state index >= 15 is 0 Å². The lowest BCUT2D eigenvalue weighted by molar-refractivity contribution is 0.0691. The number of carboxylic acid groups (broad SMARTS) is 1. The highest BCUT2D eigenvalue weighted by Gasteiger charge is 2.12. The number of aromatic carboxylic acids is 1. The van der Waals surface area contributed by atoms with E-state index in [1.54, 1.807) is 25.4 Å². The Balaban J connectivity index is 2.81. The molecule has 0 amide bonds. The van der Waals surface area contributed by atoms with Crippen LogP contribution in [0.2, 0.25) is 0 Å². The average Bonchev–Trinajstić information content (AvgIpc) is 2.45. The molecule has 0 fully saturated rings. The van der Waals surface area contributed by atoms with E-state index in [2.05, 4.69) is 9.97 Å². The highest BCUT2D eigenvalue weighted by Crippen LogP contribution is 2.19. The molecule has 0 aliphatic carbocycles. The van der Waals surface area contributed by atoms with Crippen LogP contribution in [-0.2, 0) is 0 Å². The largest absolute Gasteiger partial charge is 0.477 e. The van der Waals surface area contributed by atoms with Crippen molar-refractivity contribution < 1.29 is 9.90 Å². The molecule has 0 bridgehead atoms. The molecule has 4 nitrogen and oxygen atoms in total. The lowest BCUT2D eigenvalue weighted by Crippen LogP contribution is -1.97. The van der Waals surface area contributed by atoms with Crippen LogP contribution >= 0.6 is 0 Å². The second-order valence-electron chi connectivity index (χ2n) is 2.85. The Bertz CT molecular complexity index is 473. The quantitative estimate of drug-likeness (QED) is 0.693. The van der Waals surface area contributed by atoms with E-state index in [9.17, 15) is 4.79 Å². The number of nitrogens with one attached hydrogen (secondary N) is 1. The summed E-state index contributed by atoms with van der Waals surface area (Å²) in [5.74, 6) is -0.936. The number of hydrogen-bond acceptors (Lipinski definition) is 2. The monoisotopic (exact) mass is 176 g/mol. The molecule has 4 heteroatoms. The van der Waals surface area contributed by atoms with Gasteiger partial charge in [0, 0.05) is 23.3 Å². The van der Waals surface area contributed by atoms with Gasteiger partial charge in [0.1, 0.15) is 5.69 Å². The molecule has 0 saturated heterocycles. The summed E-state index contributed by atoms with van der Waals surface area (Å²) in [5.41, 5.74) is 1.78. The van der Waals surface area contributed by atoms with E-state index < -0.39 is 5.97 Å². The Labute approximate surface area is 74.2 Å². The van der Waals surface area contributed by atoms with Crippen LogP contribution in [0.3, 0.4) is 0 Å². The number of carbonyl (C=O) groups is 1. The van der Waals surface area contributed by atoms with Gasteiger partial charge >= 0.3 is 5.97 Å². The van der Waals surface area contributed by atoms with Gasteiger partial charge in [-0.1, -0.05) is 0 Å². The second-order valence-corrected chi connectivity index (χ2v) is 2.85. The fraction of sp³-hybridized carbons (Fsp3) is 0.111. The maximum atomic E-state index is 10.7. The average molecular weight is 176 g/mol. The van der Waals surface area contributed by atoms with Crippen LogP contribution in [-0.4, -0.2) is 21.0 Å². The van der Waals surface area contributed by atoms with Crippen molar-refractivity contribution in [3.8, 4) is 0 Å². The summed E-state index contributed by atoms with van der Waals surface area (Å²) in [4.78, 5) is 17.5. The first-order chi connectivity index (χ1) is 6.20. The third-order valence-corrected chi connectivity index (χ3v) is 2.07. The molecule has 0 aromatic carbocycles. The lowest BCUT2D eigenvalue weighted by atomic mass is 10.2. The highest BCUT2D eigenvalue weighted by atomic mass is 16.4. The first-order valence-corrected chi connectivity index (χ1v) is 3.85. The maximum Gasteiger partial charge on any atom is 0.352 e. The van der Waals surface area contributed by atoms with Gasteiger partial charge < -0.3 is 10.1 Å². The predicted octanol–water partition coefficient (Wildman–Crippen LogP) is 1.57. The lowest BCUT2D eigenvalue weighted by Gasteiger charge is -1.89. The smallest absolute Gasteiger partial charge is 0.352 e. The maximum absolute atomic E-state index is 10.7. The fourth-order valence-electron chi connectivity index (χ4n) is 1.38. The summed E-state index contributed by atoms with van der Waals surface area (Å²) >= 11 is 0. The predicted molar refractivity (Wildman–Crippen MR) is 47.8 cm³/mol. The van der Waals surface area contributed by atoms with E-state index in [0.717, 1.165) is 16.5 Å². The SMILES string of the molecule is Cc1c(C(=O)O)[nH]c2ccncc12. The van der Waals surface area contributed by atoms with Crippen molar-refractivity contribution >= 4 is 16.9 Å². The number of H-pyrrole nitrogens is 1. The van der Waals surface area contributed by atoms with Gasteiger partial charge in [0.05, 0.1) is 0 Å². The van der Waals surface area contributed by atoms with Crippen LogP contribution in [0.1, 0.15) is 16.1 Å². The van der Waals surface area contributed by atoms with Gasteiger partial charge in [-0.2, -0.15) is 0 Å². The van der Waals surface area contributed by atoms with E-state index in [0.29, 0.717) is 0 Å². The number of aryl methyl sites for hydroxylation is 1. The van der Waals surface area contributed by atoms with Crippen molar-refractivity contribution in [3.63, 3.8) is 0 Å². The van der Waals surface area contributed by atoms with Gasteiger partial charge in [0.15, 0.2) is 0 Å². The summed E-state index contributed by atoms with van der Waals surface area (Å²) in [6.07, 6.45) is 3.29. The first-order valence-electron chi connectivity index (χ1n) is 3.85. The molecule has 0 radical (unpaired) electrons. The van der Waals surface area contributed by atoms with Crippen LogP contribution in [0.4, 0.5) is 0 Å². The molecule has 0 aliphatic rings. The number of aromatic nitrogens is 2. The molecule has 0 spiro atoms. The van der Waals surface area contributed by atoms with E-state index in [1.807, 2.05) is 0 Å². The van der Waals surface area contributed by atoms with Crippen molar-refractivity contribution in [1.82, 2.24) is 9.97 Å². The molecule has 0 unspecified atom stereocenters. The summed E-state index contributed by atoms with van der Waals surface area (Å²) in [7, 11) is 0. The second kappa shape index (κ2) is 2.58. The number of fused-ring (bicyclic) bond motifs is 1. The molecule has 2 heterocycles. The third-order valence-electron chi connectivity index (χ3n) is 2.07. The molecule has 0 atom stereocenters. The zero-order chi connectivity index (χ0) is 9.42. The normalized spacial score (nSPS) is 10.5. The Hall–Kier alpha value is -1.84. The molecule has 2 N–H and O–H groups in total. The molecule has 2 rings (SSSR count). The van der Waals surface area contributed by atoms with Gasteiger partial charge in [-0.25, -0.2) is 4.79 Å². The Kier molecular flexibility index (Phi) is 1.55. The first kappa shape index (κ1) is 7.79. The minimum Gasteiger partial charge on any atom is -0.477 e. The Morgan fingerprint density at radius 1 is 1.62 bits per heavy atom. The standard InChI is InChI=1S/C9H8N2O2/c1-5-6-4-10-3-2-7(6)11-8(5)9(12)13/h2-4,11H,1H3,(H,12,13). The highest BCUT2D eigenvalue weighted by molar-refractivity contribution is 5.96. The van der Waals surface area contributed by atoms with Crippen LogP contribution in [0, 0.1) is 6.92 Å². The van der Waals surface area contributed by atoms with Crippen molar-refractivity contribution in [3.05, 3.63) is 29.7 Å². The van der Waals surface area contributed by atoms with E-state index in [4.69, 9.17) is 5.11 Å². The number of carboxylic acids is 1. The van der Waals surface area contributed by atoms with Crippen LogP contribution < -0.4 is 0 Å². The molecule has 0 aliphatic heterocycles. The topological polar surface area (TPSA) is 66.0 Å². The summed E-state index contributed by atoms with van der Waals surface area (Å²) in [6.45, 7) is 1.77. The molecule has 2 aromatic heterocycles. The number of hydrogen-bond donors (Lipinski definition) is 2. The summed E-state index contributed by atoms with van der Waals surface area (Å²) < 4.78 is 0. The van der Waals surface area contributed by atoms with Gasteiger partial charge in [-0.05, 0) is 18.6 Å². The van der Waals surface area contributed by atoms with Crippen LogP contribution in [0.25, 0.3) is 10.9 Å². The third kappa shape index (κ3) is 1.07. The minimum absolute atomic E-state index is 0.239. The Morgan fingerprint density at radius 3 is 3.00 bits per heavy atom. The molecular weight excluding hydrogens is 168 g/mol. The number of pyridine rings is 1. The minimum atomic E-state index is -0.936. The van der Waals surface area contributed by atoms with Crippen molar-refractivity contribution in [2.45, 2.75) is 6.92 Å². The van der Waals surface area contributed by atoms with E-state index in [-0.39, 0.29) is 5.69 Å². The van der Waals surface area contributed by atoms with Crippen molar-refractivity contribution in [2.24, 2.45) is 0 Å². The van der Waals surface area contributed by atoms with Gasteiger partial charge in [0.2, 0.25) is 0 Å². The van der Waals surface area contributed by atoms with Gasteiger partial charge in [-0.3, -0.25) is 4.98 Å². The number of aromatic amines is 1. The Morgan fingerprint density at radius 2 is 2.38 bits per heavy atom. The number of nitrogens with zero attached hydrogens (tertiary/aromatic N) is 1. The van der Waals surface area contributed by atoms with E-state index in [1.165, 1.54) is 0 Å². The zero-order valence-corrected chi connectivity index (χ0v) is 7.03. The van der Waals surface area contributed by atoms with Gasteiger partial charge in [-0.15, -0.1) is 0 Å². The van der Waals surface area contributed by atoms with Crippen LogP contribution in [0.5, 0.6) is 0 Å². The molecule has 66 valence electrons. The molecule has 2 aromatic rings. The molecular formula is C9H8N2O2. The van der Waals surface area contributed by atoms with Crippen LogP contribution in [0.15, 0.2) is 18.5 Å². The zero-order valence-electron chi connectivity index (χ0n) is 7.03. The summed E-state index contributed by atoms with van der Waals surface area (Å²) in [6, 6.07) is 1.76. The fourth-order valence-corrected chi connectivity index (χ4v) is 1.38. The molecule has 0 saturated carbocycles. The van der Waals surface area contributed by atoms with Crippen molar-refractivity contribution in [2.75, 3.05) is 0 Å².